The molecule has 0 aliphatic carbocycles. The number of allylic oxidation sites excluding steroid dienone is 1. The van der Waals surface area contributed by atoms with E-state index in [-0.39, 0.29) is 0 Å². The second-order valence-corrected chi connectivity index (χ2v) is 5.10. The number of hydrogen-bond donors (Lipinski definition) is 0. The summed E-state index contributed by atoms with van der Waals surface area (Å²) in [5.74, 6) is 0. The zero-order valence-electron chi connectivity index (χ0n) is 11.5. The van der Waals surface area contributed by atoms with E-state index in [1.807, 2.05) is 36.7 Å². The lowest BCUT2D eigenvalue weighted by Gasteiger charge is -2.10. The highest BCUT2D eigenvalue weighted by atomic mass is 14.7. The second kappa shape index (κ2) is 4.98. The maximum absolute atomic E-state index is 4.58. The normalized spacial score (nSPS) is 13.6. The van der Waals surface area contributed by atoms with Crippen LogP contribution in [0.15, 0.2) is 71.9 Å². The molecule has 0 fully saturated rings. The summed E-state index contributed by atoms with van der Waals surface area (Å²) in [6.07, 6.45) is 6.98. The van der Waals surface area contributed by atoms with Crippen LogP contribution in [-0.2, 0) is 0 Å². The fourth-order valence-corrected chi connectivity index (χ4v) is 2.74. The van der Waals surface area contributed by atoms with E-state index in [0.29, 0.717) is 0 Å². The van der Waals surface area contributed by atoms with Crippen LogP contribution in [0.5, 0.6) is 0 Å². The van der Waals surface area contributed by atoms with Gasteiger partial charge < -0.3 is 0 Å². The lowest BCUT2D eigenvalue weighted by atomic mass is 9.96. The van der Waals surface area contributed by atoms with Crippen LogP contribution < -0.4 is 0 Å². The molecule has 4 rings (SSSR count). The van der Waals surface area contributed by atoms with Crippen LogP contribution in [0.4, 0.5) is 5.69 Å². The van der Waals surface area contributed by atoms with Gasteiger partial charge in [-0.15, -0.1) is 0 Å². The molecular weight excluding hydrogens is 256 g/mol. The summed E-state index contributed by atoms with van der Waals surface area (Å²) in [6.45, 7) is 0. The highest BCUT2D eigenvalue weighted by Crippen LogP contribution is 2.33. The molecule has 0 N–H and O–H groups in total. The van der Waals surface area contributed by atoms with Gasteiger partial charge >= 0.3 is 0 Å². The minimum absolute atomic E-state index is 0.844. The number of benzene rings is 2. The van der Waals surface area contributed by atoms with Gasteiger partial charge in [0.15, 0.2) is 0 Å². The lowest BCUT2D eigenvalue weighted by molar-refractivity contribution is 1.37. The third-order valence-electron chi connectivity index (χ3n) is 3.75. The van der Waals surface area contributed by atoms with E-state index >= 15 is 0 Å². The fraction of sp³-hybridized carbons (Fsp3) is 0.0526. The SMILES string of the molecule is C1=Nc2ccccc2C(c2cnc3ccccc3c2)=CC1. The predicted octanol–water partition coefficient (Wildman–Crippen LogP) is 4.77. The third-order valence-corrected chi connectivity index (χ3v) is 3.75. The summed E-state index contributed by atoms with van der Waals surface area (Å²) in [7, 11) is 0. The molecule has 1 aliphatic heterocycles. The van der Waals surface area contributed by atoms with Gasteiger partial charge in [-0.25, -0.2) is 0 Å². The van der Waals surface area contributed by atoms with Crippen molar-refractivity contribution in [2.75, 3.05) is 0 Å². The van der Waals surface area contributed by atoms with Gasteiger partial charge in [-0.3, -0.25) is 9.98 Å². The first-order valence-electron chi connectivity index (χ1n) is 7.09. The van der Waals surface area contributed by atoms with Crippen molar-refractivity contribution in [2.45, 2.75) is 6.42 Å². The molecule has 0 unspecified atom stereocenters. The molecule has 0 radical (unpaired) electrons. The molecule has 0 saturated heterocycles. The molecule has 2 heteroatoms. The molecule has 21 heavy (non-hydrogen) atoms. The Labute approximate surface area is 123 Å². The molecule has 0 atom stereocenters. The molecule has 0 amide bonds. The van der Waals surface area contributed by atoms with Gasteiger partial charge in [-0.2, -0.15) is 0 Å². The van der Waals surface area contributed by atoms with Crippen molar-refractivity contribution in [3.8, 4) is 0 Å². The fourth-order valence-electron chi connectivity index (χ4n) is 2.74. The van der Waals surface area contributed by atoms with E-state index in [9.17, 15) is 0 Å². The van der Waals surface area contributed by atoms with E-state index < -0.39 is 0 Å². The van der Waals surface area contributed by atoms with Crippen molar-refractivity contribution in [3.63, 3.8) is 0 Å². The minimum atomic E-state index is 0.844. The number of para-hydroxylation sites is 2. The first-order chi connectivity index (χ1) is 10.4. The van der Waals surface area contributed by atoms with Gasteiger partial charge in [0.05, 0.1) is 11.2 Å². The van der Waals surface area contributed by atoms with Gasteiger partial charge in [0.25, 0.3) is 0 Å². The monoisotopic (exact) mass is 270 g/mol. The van der Waals surface area contributed by atoms with E-state index in [0.717, 1.165) is 23.2 Å². The Morgan fingerprint density at radius 3 is 2.76 bits per heavy atom. The van der Waals surface area contributed by atoms with E-state index in [4.69, 9.17) is 0 Å². The van der Waals surface area contributed by atoms with Gasteiger partial charge in [0, 0.05) is 35.3 Å². The molecule has 0 spiro atoms. The van der Waals surface area contributed by atoms with Crippen LogP contribution in [-0.4, -0.2) is 11.2 Å². The lowest BCUT2D eigenvalue weighted by Crippen LogP contribution is -1.90. The first kappa shape index (κ1) is 12.0. The zero-order chi connectivity index (χ0) is 14.1. The largest absolute Gasteiger partial charge is 0.260 e. The Kier molecular flexibility index (Phi) is 2.86. The standard InChI is InChI=1S/C19H14N2/c1-3-9-18-14(6-1)12-15(13-21-18)16-8-5-11-20-19-10-4-2-7-17(16)19/h1-4,6-13H,5H2. The molecule has 2 nitrogen and oxygen atoms in total. The Hall–Kier alpha value is -2.74. The van der Waals surface area contributed by atoms with Crippen molar-refractivity contribution < 1.29 is 0 Å². The molecule has 0 saturated carbocycles. The zero-order valence-corrected chi connectivity index (χ0v) is 11.5. The number of pyridine rings is 1. The van der Waals surface area contributed by atoms with Crippen LogP contribution >= 0.6 is 0 Å². The maximum atomic E-state index is 4.58. The quantitative estimate of drug-likeness (QED) is 0.625. The third kappa shape index (κ3) is 2.15. The molecule has 2 aromatic carbocycles. The number of fused-ring (bicyclic) bond motifs is 2. The Bertz CT molecular complexity index is 875. The molecule has 100 valence electrons. The predicted molar refractivity (Wildman–Crippen MR) is 88.0 cm³/mol. The van der Waals surface area contributed by atoms with E-state index in [1.165, 1.54) is 16.5 Å². The minimum Gasteiger partial charge on any atom is -0.260 e. The topological polar surface area (TPSA) is 25.2 Å². The number of nitrogens with zero attached hydrogens (tertiary/aromatic N) is 2. The average molecular weight is 270 g/mol. The summed E-state index contributed by atoms with van der Waals surface area (Å²) in [4.78, 5) is 9.11. The number of aliphatic imine (C=N–C) groups is 1. The smallest absolute Gasteiger partial charge is 0.0704 e. The average Bonchev–Trinajstić information content (AvgIpc) is 2.77. The second-order valence-electron chi connectivity index (χ2n) is 5.10. The van der Waals surface area contributed by atoms with Crippen molar-refractivity contribution in [1.82, 2.24) is 4.98 Å². The van der Waals surface area contributed by atoms with E-state index in [1.54, 1.807) is 0 Å². The van der Waals surface area contributed by atoms with Crippen molar-refractivity contribution in [1.29, 1.82) is 0 Å². The van der Waals surface area contributed by atoms with Crippen molar-refractivity contribution >= 4 is 28.4 Å². The van der Waals surface area contributed by atoms with Crippen LogP contribution in [0, 0.1) is 0 Å². The van der Waals surface area contributed by atoms with Crippen LogP contribution in [0.25, 0.3) is 16.5 Å². The van der Waals surface area contributed by atoms with Crippen molar-refractivity contribution in [3.05, 3.63) is 78.0 Å². The first-order valence-corrected chi connectivity index (χ1v) is 7.09. The molecule has 3 aromatic rings. The Balaban J connectivity index is 1.91. The van der Waals surface area contributed by atoms with E-state index in [2.05, 4.69) is 46.4 Å². The number of hydrogen-bond acceptors (Lipinski definition) is 2. The highest BCUT2D eigenvalue weighted by Gasteiger charge is 2.11. The molecular formula is C19H14N2. The summed E-state index contributed by atoms with van der Waals surface area (Å²) in [5, 5.41) is 1.17. The number of rotatable bonds is 1. The summed E-state index contributed by atoms with van der Waals surface area (Å²) >= 11 is 0. The number of aromatic nitrogens is 1. The van der Waals surface area contributed by atoms with Gasteiger partial charge in [-0.1, -0.05) is 42.5 Å². The summed E-state index contributed by atoms with van der Waals surface area (Å²) < 4.78 is 0. The molecule has 1 aromatic heterocycles. The maximum Gasteiger partial charge on any atom is 0.0704 e. The summed E-state index contributed by atoms with van der Waals surface area (Å²) in [5.41, 5.74) is 5.57. The van der Waals surface area contributed by atoms with Crippen LogP contribution in [0.1, 0.15) is 17.5 Å². The van der Waals surface area contributed by atoms with Crippen molar-refractivity contribution in [2.24, 2.45) is 4.99 Å². The summed E-state index contributed by atoms with van der Waals surface area (Å²) in [6, 6.07) is 18.7. The molecule has 2 heterocycles. The van der Waals surface area contributed by atoms with Gasteiger partial charge in [0.1, 0.15) is 0 Å². The van der Waals surface area contributed by atoms with Gasteiger partial charge in [0.2, 0.25) is 0 Å². The Morgan fingerprint density at radius 1 is 0.905 bits per heavy atom. The van der Waals surface area contributed by atoms with Crippen LogP contribution in [0.3, 0.4) is 0 Å². The highest BCUT2D eigenvalue weighted by molar-refractivity contribution is 5.92. The molecule has 0 bridgehead atoms. The Morgan fingerprint density at radius 2 is 1.76 bits per heavy atom. The molecule has 1 aliphatic rings. The van der Waals surface area contributed by atoms with Crippen LogP contribution in [0.2, 0.25) is 0 Å². The van der Waals surface area contributed by atoms with Gasteiger partial charge in [-0.05, 0) is 23.8 Å².